The molecular formula is C15H12F3N3O3. The van der Waals surface area contributed by atoms with E-state index in [1.54, 1.807) is 7.05 Å². The summed E-state index contributed by atoms with van der Waals surface area (Å²) in [6.45, 7) is 0.669. The van der Waals surface area contributed by atoms with Crippen molar-refractivity contribution < 1.29 is 27.4 Å². The van der Waals surface area contributed by atoms with Crippen LogP contribution in [0, 0.1) is 0 Å². The smallest absolute Gasteiger partial charge is 0.475 e. The van der Waals surface area contributed by atoms with Gasteiger partial charge in [0, 0.05) is 18.8 Å². The minimum absolute atomic E-state index is 0.108. The van der Waals surface area contributed by atoms with Gasteiger partial charge in [-0.3, -0.25) is 4.79 Å². The van der Waals surface area contributed by atoms with Crippen LogP contribution in [-0.2, 0) is 0 Å². The van der Waals surface area contributed by atoms with Gasteiger partial charge in [0.2, 0.25) is 5.88 Å². The van der Waals surface area contributed by atoms with Crippen molar-refractivity contribution in [3.05, 3.63) is 36.0 Å². The fraction of sp³-hybridized carbons (Fsp3) is 0.267. The first-order valence-electron chi connectivity index (χ1n) is 6.95. The van der Waals surface area contributed by atoms with Crippen LogP contribution in [0.25, 0.3) is 11.4 Å². The molecule has 1 aromatic heterocycles. The lowest BCUT2D eigenvalue weighted by Gasteiger charge is -2.12. The topological polar surface area (TPSA) is 64.6 Å². The maximum absolute atomic E-state index is 12.3. The number of hydrogen-bond donors (Lipinski definition) is 0. The Labute approximate surface area is 134 Å². The molecule has 0 N–H and O–H groups in total. The highest BCUT2D eigenvalue weighted by Gasteiger charge is 2.31. The molecule has 1 aliphatic rings. The average Bonchev–Trinajstić information content (AvgIpc) is 2.65. The van der Waals surface area contributed by atoms with E-state index in [2.05, 4.69) is 14.7 Å². The van der Waals surface area contributed by atoms with Crippen LogP contribution >= 0.6 is 0 Å². The van der Waals surface area contributed by atoms with Crippen molar-refractivity contribution >= 4 is 5.91 Å². The van der Waals surface area contributed by atoms with Gasteiger partial charge in [0.25, 0.3) is 5.91 Å². The van der Waals surface area contributed by atoms with Gasteiger partial charge in [0.05, 0.1) is 6.54 Å². The molecule has 9 heteroatoms. The number of hydrogen-bond acceptors (Lipinski definition) is 5. The second-order valence-electron chi connectivity index (χ2n) is 5.06. The third-order valence-electron chi connectivity index (χ3n) is 3.32. The quantitative estimate of drug-likeness (QED) is 0.841. The Hall–Kier alpha value is -2.84. The largest absolute Gasteiger partial charge is 0.573 e. The van der Waals surface area contributed by atoms with Crippen LogP contribution in [0.15, 0.2) is 30.5 Å². The highest BCUT2D eigenvalue weighted by Crippen LogP contribution is 2.28. The van der Waals surface area contributed by atoms with Gasteiger partial charge in [-0.05, 0) is 12.1 Å². The molecule has 0 saturated carbocycles. The zero-order valence-electron chi connectivity index (χ0n) is 12.5. The van der Waals surface area contributed by atoms with Crippen LogP contribution in [0.2, 0.25) is 0 Å². The highest BCUT2D eigenvalue weighted by molar-refractivity contribution is 5.96. The van der Waals surface area contributed by atoms with Crippen molar-refractivity contribution in [3.8, 4) is 23.0 Å². The van der Waals surface area contributed by atoms with E-state index < -0.39 is 6.36 Å². The Balaban J connectivity index is 1.95. The Morgan fingerprint density at radius 1 is 1.33 bits per heavy atom. The average molecular weight is 339 g/mol. The predicted octanol–water partition coefficient (Wildman–Crippen LogP) is 2.51. The maximum atomic E-state index is 12.3. The normalized spacial score (nSPS) is 14.7. The van der Waals surface area contributed by atoms with Crippen molar-refractivity contribution in [2.45, 2.75) is 6.36 Å². The number of nitrogens with zero attached hydrogens (tertiary/aromatic N) is 3. The standard InChI is InChI=1S/C15H12F3N3O3/c1-21-5-6-23-13-11(14(21)22)8-19-12(20-13)9-3-2-4-10(7-9)24-15(16,17)18/h2-4,7-8H,5-6H2,1H3. The fourth-order valence-electron chi connectivity index (χ4n) is 2.18. The van der Waals surface area contributed by atoms with Crippen LogP contribution in [0.3, 0.4) is 0 Å². The molecule has 1 aromatic carbocycles. The van der Waals surface area contributed by atoms with Crippen LogP contribution in [0.4, 0.5) is 13.2 Å². The van der Waals surface area contributed by atoms with Gasteiger partial charge in [-0.15, -0.1) is 13.2 Å². The van der Waals surface area contributed by atoms with Gasteiger partial charge in [-0.1, -0.05) is 12.1 Å². The summed E-state index contributed by atoms with van der Waals surface area (Å²) in [7, 11) is 1.63. The first-order valence-corrected chi connectivity index (χ1v) is 6.95. The molecule has 3 rings (SSSR count). The Bertz CT molecular complexity index is 780. The fourth-order valence-corrected chi connectivity index (χ4v) is 2.18. The number of aromatic nitrogens is 2. The van der Waals surface area contributed by atoms with Crippen LogP contribution in [-0.4, -0.2) is 47.3 Å². The molecule has 0 spiro atoms. The van der Waals surface area contributed by atoms with Crippen molar-refractivity contribution in [2.24, 2.45) is 0 Å². The molecule has 0 aliphatic carbocycles. The summed E-state index contributed by atoms with van der Waals surface area (Å²) < 4.78 is 46.2. The highest BCUT2D eigenvalue weighted by atomic mass is 19.4. The van der Waals surface area contributed by atoms with E-state index >= 15 is 0 Å². The molecule has 0 bridgehead atoms. The number of fused-ring (bicyclic) bond motifs is 1. The van der Waals surface area contributed by atoms with Crippen molar-refractivity contribution in [1.29, 1.82) is 0 Å². The van der Waals surface area contributed by atoms with Gasteiger partial charge < -0.3 is 14.4 Å². The molecule has 6 nitrogen and oxygen atoms in total. The summed E-state index contributed by atoms with van der Waals surface area (Å²) >= 11 is 0. The number of benzene rings is 1. The number of rotatable bonds is 2. The van der Waals surface area contributed by atoms with Crippen molar-refractivity contribution in [2.75, 3.05) is 20.2 Å². The molecule has 0 unspecified atom stereocenters. The van der Waals surface area contributed by atoms with E-state index in [9.17, 15) is 18.0 Å². The molecular weight excluding hydrogens is 327 g/mol. The summed E-state index contributed by atoms with van der Waals surface area (Å²) in [4.78, 5) is 21.8. The van der Waals surface area contributed by atoms with E-state index in [0.29, 0.717) is 12.1 Å². The summed E-state index contributed by atoms with van der Waals surface area (Å²) in [5, 5.41) is 0. The summed E-state index contributed by atoms with van der Waals surface area (Å²) in [5.41, 5.74) is 0.523. The minimum atomic E-state index is -4.78. The number of amides is 1. The van der Waals surface area contributed by atoms with Crippen LogP contribution in [0.1, 0.15) is 10.4 Å². The molecule has 0 radical (unpaired) electrons. The monoisotopic (exact) mass is 339 g/mol. The van der Waals surface area contributed by atoms with Gasteiger partial charge in [0.1, 0.15) is 17.9 Å². The molecule has 0 fully saturated rings. The zero-order valence-corrected chi connectivity index (χ0v) is 12.5. The number of alkyl halides is 3. The number of likely N-dealkylation sites (N-methyl/N-ethyl adjacent to an activating group) is 1. The van der Waals surface area contributed by atoms with Gasteiger partial charge in [0.15, 0.2) is 5.82 Å². The molecule has 2 heterocycles. The van der Waals surface area contributed by atoms with Gasteiger partial charge in [-0.2, -0.15) is 4.98 Å². The third-order valence-corrected chi connectivity index (χ3v) is 3.32. The molecule has 1 aliphatic heterocycles. The molecule has 2 aromatic rings. The lowest BCUT2D eigenvalue weighted by molar-refractivity contribution is -0.274. The Morgan fingerprint density at radius 2 is 2.12 bits per heavy atom. The van der Waals surface area contributed by atoms with E-state index in [0.717, 1.165) is 0 Å². The first-order chi connectivity index (χ1) is 11.3. The molecule has 126 valence electrons. The SMILES string of the molecule is CN1CCOc2nc(-c3cccc(OC(F)(F)F)c3)ncc2C1=O. The Kier molecular flexibility index (Phi) is 4.00. The number of carbonyl (C=O) groups is 1. The third kappa shape index (κ3) is 3.39. The van der Waals surface area contributed by atoms with E-state index in [-0.39, 0.29) is 35.5 Å². The molecule has 0 atom stereocenters. The van der Waals surface area contributed by atoms with Crippen molar-refractivity contribution in [1.82, 2.24) is 14.9 Å². The molecule has 24 heavy (non-hydrogen) atoms. The summed E-state index contributed by atoms with van der Waals surface area (Å²) in [5.74, 6) is -0.409. The molecule has 0 saturated heterocycles. The van der Waals surface area contributed by atoms with E-state index in [4.69, 9.17) is 4.74 Å². The predicted molar refractivity (Wildman–Crippen MR) is 76.6 cm³/mol. The number of ether oxygens (including phenoxy) is 2. The van der Waals surface area contributed by atoms with E-state index in [1.165, 1.54) is 35.4 Å². The lowest BCUT2D eigenvalue weighted by Crippen LogP contribution is -2.27. The van der Waals surface area contributed by atoms with Gasteiger partial charge in [-0.25, -0.2) is 4.98 Å². The minimum Gasteiger partial charge on any atom is -0.475 e. The van der Waals surface area contributed by atoms with Crippen LogP contribution in [0.5, 0.6) is 11.6 Å². The lowest BCUT2D eigenvalue weighted by atomic mass is 10.2. The molecule has 1 amide bonds. The maximum Gasteiger partial charge on any atom is 0.573 e. The first kappa shape index (κ1) is 16.0. The Morgan fingerprint density at radius 3 is 2.88 bits per heavy atom. The summed E-state index contributed by atoms with van der Waals surface area (Å²) in [6, 6.07) is 5.27. The second-order valence-corrected chi connectivity index (χ2v) is 5.06. The summed E-state index contributed by atoms with van der Waals surface area (Å²) in [6.07, 6.45) is -3.48. The zero-order chi connectivity index (χ0) is 17.3. The van der Waals surface area contributed by atoms with Crippen LogP contribution < -0.4 is 9.47 Å². The van der Waals surface area contributed by atoms with E-state index in [1.807, 2.05) is 0 Å². The number of halogens is 3. The van der Waals surface area contributed by atoms with Gasteiger partial charge >= 0.3 is 6.36 Å². The second kappa shape index (κ2) is 5.99. The number of carbonyl (C=O) groups excluding carboxylic acids is 1. The van der Waals surface area contributed by atoms with Crippen molar-refractivity contribution in [3.63, 3.8) is 0 Å².